The molecule has 0 bridgehead atoms. The maximum Gasteiger partial charge on any atom is 0.328 e. The van der Waals surface area contributed by atoms with Crippen molar-refractivity contribution in [3.8, 4) is 0 Å². The van der Waals surface area contributed by atoms with Gasteiger partial charge >= 0.3 is 7.60 Å². The van der Waals surface area contributed by atoms with E-state index in [4.69, 9.17) is 15.5 Å². The summed E-state index contributed by atoms with van der Waals surface area (Å²) in [7, 11) is -4.27. The number of nitrogens with two attached hydrogens (primary N) is 1. The zero-order valence-electron chi connectivity index (χ0n) is 7.11. The summed E-state index contributed by atoms with van der Waals surface area (Å²) in [5, 5.41) is 15.2. The Hall–Kier alpha value is -0.790. The van der Waals surface area contributed by atoms with Crippen LogP contribution in [0.5, 0.6) is 0 Å². The van der Waals surface area contributed by atoms with Crippen molar-refractivity contribution in [2.75, 3.05) is 6.16 Å². The molecule has 80 valence electrons. The number of hydrogen-bond acceptors (Lipinski definition) is 5. The molecule has 1 rings (SSSR count). The number of H-pyrrole nitrogens is 1. The van der Waals surface area contributed by atoms with Gasteiger partial charge in [0.25, 0.3) is 0 Å². The van der Waals surface area contributed by atoms with Crippen molar-refractivity contribution in [3.63, 3.8) is 0 Å². The SMILES string of the molecule is N[C@@H](c1ncn[nH]1)[C@@H](O)CP(=O)(O)O. The van der Waals surface area contributed by atoms with Gasteiger partial charge in [0.05, 0.1) is 18.3 Å². The number of aromatic amines is 1. The highest BCUT2D eigenvalue weighted by Gasteiger charge is 2.27. The van der Waals surface area contributed by atoms with E-state index in [1.54, 1.807) is 0 Å². The molecule has 1 aromatic rings. The van der Waals surface area contributed by atoms with Gasteiger partial charge in [-0.1, -0.05) is 0 Å². The second-order valence-corrected chi connectivity index (χ2v) is 4.51. The highest BCUT2D eigenvalue weighted by molar-refractivity contribution is 7.51. The second kappa shape index (κ2) is 4.16. The number of hydrogen-bond donors (Lipinski definition) is 5. The van der Waals surface area contributed by atoms with Crippen LogP contribution in [0.25, 0.3) is 0 Å². The maximum atomic E-state index is 10.5. The number of nitrogens with zero attached hydrogens (tertiary/aromatic N) is 2. The van der Waals surface area contributed by atoms with E-state index in [1.165, 1.54) is 6.33 Å². The molecule has 0 aliphatic carbocycles. The molecule has 0 radical (unpaired) electrons. The standard InChI is InChI=1S/C5H11N4O4P/c6-4(5-7-2-8-9-5)3(10)1-14(11,12)13/h2-4,10H,1,6H2,(H,7,8,9)(H2,11,12,13)/t3-,4+/m0/s1. The molecule has 0 saturated heterocycles. The Labute approximate surface area is 79.3 Å². The molecule has 8 nitrogen and oxygen atoms in total. The van der Waals surface area contributed by atoms with Crippen LogP contribution in [-0.2, 0) is 4.57 Å². The number of aromatic nitrogens is 3. The van der Waals surface area contributed by atoms with Crippen LogP contribution in [-0.4, -0.2) is 42.3 Å². The predicted molar refractivity (Wildman–Crippen MR) is 46.2 cm³/mol. The van der Waals surface area contributed by atoms with Crippen LogP contribution in [0.1, 0.15) is 11.9 Å². The van der Waals surface area contributed by atoms with Gasteiger partial charge in [0.15, 0.2) is 0 Å². The molecular weight excluding hydrogens is 211 g/mol. The van der Waals surface area contributed by atoms with E-state index in [-0.39, 0.29) is 5.82 Å². The third-order valence-electron chi connectivity index (χ3n) is 1.59. The predicted octanol–water partition coefficient (Wildman–Crippen LogP) is -1.66. The first kappa shape index (κ1) is 11.3. The molecule has 0 saturated carbocycles. The number of nitrogens with one attached hydrogen (secondary N) is 1. The number of aliphatic hydroxyl groups is 1. The van der Waals surface area contributed by atoms with Crippen molar-refractivity contribution in [2.24, 2.45) is 5.73 Å². The first-order valence-electron chi connectivity index (χ1n) is 3.73. The van der Waals surface area contributed by atoms with Gasteiger partial charge in [-0.05, 0) is 0 Å². The Morgan fingerprint density at radius 1 is 1.64 bits per heavy atom. The Morgan fingerprint density at radius 2 is 2.29 bits per heavy atom. The largest absolute Gasteiger partial charge is 0.390 e. The minimum Gasteiger partial charge on any atom is -0.390 e. The van der Waals surface area contributed by atoms with E-state index in [0.717, 1.165) is 0 Å². The first-order valence-corrected chi connectivity index (χ1v) is 5.53. The lowest BCUT2D eigenvalue weighted by atomic mass is 10.2. The molecular formula is C5H11N4O4P. The topological polar surface area (TPSA) is 145 Å². The van der Waals surface area contributed by atoms with Gasteiger partial charge in [0.1, 0.15) is 12.2 Å². The Morgan fingerprint density at radius 3 is 2.71 bits per heavy atom. The molecule has 9 heteroatoms. The lowest BCUT2D eigenvalue weighted by Gasteiger charge is -2.16. The third kappa shape index (κ3) is 3.17. The van der Waals surface area contributed by atoms with Gasteiger partial charge < -0.3 is 20.6 Å². The number of rotatable bonds is 4. The molecule has 0 amide bonds. The normalized spacial score (nSPS) is 16.6. The van der Waals surface area contributed by atoms with Crippen molar-refractivity contribution >= 4 is 7.60 Å². The lowest BCUT2D eigenvalue weighted by molar-refractivity contribution is 0.156. The first-order chi connectivity index (χ1) is 6.40. The zero-order valence-corrected chi connectivity index (χ0v) is 8.00. The molecule has 0 fully saturated rings. The van der Waals surface area contributed by atoms with E-state index in [2.05, 4.69) is 15.2 Å². The monoisotopic (exact) mass is 222 g/mol. The van der Waals surface area contributed by atoms with Crippen molar-refractivity contribution in [2.45, 2.75) is 12.1 Å². The summed E-state index contributed by atoms with van der Waals surface area (Å²) >= 11 is 0. The van der Waals surface area contributed by atoms with Gasteiger partial charge in [0, 0.05) is 0 Å². The van der Waals surface area contributed by atoms with E-state index >= 15 is 0 Å². The summed E-state index contributed by atoms with van der Waals surface area (Å²) < 4.78 is 10.5. The summed E-state index contributed by atoms with van der Waals surface area (Å²) in [6.45, 7) is 0. The van der Waals surface area contributed by atoms with Crippen LogP contribution in [0.15, 0.2) is 6.33 Å². The second-order valence-electron chi connectivity index (χ2n) is 2.81. The fourth-order valence-corrected chi connectivity index (χ4v) is 1.63. The summed E-state index contributed by atoms with van der Waals surface area (Å²) in [5.74, 6) is 0.186. The van der Waals surface area contributed by atoms with Gasteiger partial charge in [-0.25, -0.2) is 4.98 Å². The molecule has 14 heavy (non-hydrogen) atoms. The van der Waals surface area contributed by atoms with E-state index in [1.807, 2.05) is 0 Å². The Bertz CT molecular complexity index is 322. The zero-order chi connectivity index (χ0) is 10.8. The highest BCUT2D eigenvalue weighted by Crippen LogP contribution is 2.36. The van der Waals surface area contributed by atoms with E-state index < -0.39 is 25.9 Å². The lowest BCUT2D eigenvalue weighted by Crippen LogP contribution is -2.30. The Balaban J connectivity index is 2.62. The van der Waals surface area contributed by atoms with Crippen LogP contribution in [0.2, 0.25) is 0 Å². The van der Waals surface area contributed by atoms with Crippen molar-refractivity contribution in [3.05, 3.63) is 12.2 Å². The van der Waals surface area contributed by atoms with Gasteiger partial charge in [-0.3, -0.25) is 9.66 Å². The highest BCUT2D eigenvalue weighted by atomic mass is 31.2. The quantitative estimate of drug-likeness (QED) is 0.383. The summed E-state index contributed by atoms with van der Waals surface area (Å²) in [6.07, 6.45) is -0.863. The maximum absolute atomic E-state index is 10.5. The fourth-order valence-electron chi connectivity index (χ4n) is 0.915. The van der Waals surface area contributed by atoms with Crippen LogP contribution in [0, 0.1) is 0 Å². The van der Waals surface area contributed by atoms with Crippen molar-refractivity contribution in [1.29, 1.82) is 0 Å². The molecule has 0 aliphatic rings. The molecule has 2 atom stereocenters. The molecule has 0 aromatic carbocycles. The Kier molecular flexibility index (Phi) is 3.35. The molecule has 0 unspecified atom stereocenters. The molecule has 1 heterocycles. The van der Waals surface area contributed by atoms with E-state index in [9.17, 15) is 9.67 Å². The number of aliphatic hydroxyl groups excluding tert-OH is 1. The molecule has 6 N–H and O–H groups in total. The summed E-state index contributed by atoms with van der Waals surface area (Å²) in [5.41, 5.74) is 5.46. The molecule has 0 aliphatic heterocycles. The summed E-state index contributed by atoms with van der Waals surface area (Å²) in [6, 6.07) is -0.981. The van der Waals surface area contributed by atoms with Gasteiger partial charge in [-0.15, -0.1) is 0 Å². The fraction of sp³-hybridized carbons (Fsp3) is 0.600. The van der Waals surface area contributed by atoms with Crippen LogP contribution in [0.3, 0.4) is 0 Å². The third-order valence-corrected chi connectivity index (χ3v) is 2.44. The van der Waals surface area contributed by atoms with Crippen molar-refractivity contribution < 1.29 is 19.5 Å². The minimum atomic E-state index is -4.27. The van der Waals surface area contributed by atoms with Gasteiger partial charge in [-0.2, -0.15) is 5.10 Å². The summed E-state index contributed by atoms with van der Waals surface area (Å²) in [4.78, 5) is 20.8. The molecule has 0 spiro atoms. The van der Waals surface area contributed by atoms with Crippen LogP contribution >= 0.6 is 7.60 Å². The van der Waals surface area contributed by atoms with Gasteiger partial charge in [0.2, 0.25) is 0 Å². The average molecular weight is 222 g/mol. The average Bonchev–Trinajstić information content (AvgIpc) is 2.51. The van der Waals surface area contributed by atoms with Crippen LogP contribution in [0.4, 0.5) is 0 Å². The van der Waals surface area contributed by atoms with Crippen LogP contribution < -0.4 is 5.73 Å². The smallest absolute Gasteiger partial charge is 0.328 e. The minimum absolute atomic E-state index is 0.186. The van der Waals surface area contributed by atoms with Crippen molar-refractivity contribution in [1.82, 2.24) is 15.2 Å². The molecule has 1 aromatic heterocycles. The van der Waals surface area contributed by atoms with E-state index in [0.29, 0.717) is 0 Å².